The zero-order chi connectivity index (χ0) is 17.0. The molecule has 0 saturated carbocycles. The minimum Gasteiger partial charge on any atom is -0.320 e. The SMILES string of the molecule is Cc1ccc(-c2csc(NC(=O)C(N)CCS(C)(=O)=O)n2)cc1. The molecule has 0 spiro atoms. The van der Waals surface area contributed by atoms with Gasteiger partial charge in [0.25, 0.3) is 0 Å². The number of aryl methyl sites for hydroxylation is 1. The van der Waals surface area contributed by atoms with Gasteiger partial charge in [-0.05, 0) is 13.3 Å². The molecule has 124 valence electrons. The van der Waals surface area contributed by atoms with Crippen molar-refractivity contribution in [2.45, 2.75) is 19.4 Å². The molecule has 2 rings (SSSR count). The summed E-state index contributed by atoms with van der Waals surface area (Å²) in [6, 6.07) is 7.04. The Kier molecular flexibility index (Phi) is 5.51. The second kappa shape index (κ2) is 7.20. The van der Waals surface area contributed by atoms with Gasteiger partial charge in [0, 0.05) is 17.2 Å². The Morgan fingerprint density at radius 2 is 2.00 bits per heavy atom. The molecule has 2 aromatic rings. The Morgan fingerprint density at radius 1 is 1.35 bits per heavy atom. The van der Waals surface area contributed by atoms with Gasteiger partial charge in [0.05, 0.1) is 17.5 Å². The predicted octanol–water partition coefficient (Wildman–Crippen LogP) is 1.82. The number of nitrogens with two attached hydrogens (primary N) is 1. The third kappa shape index (κ3) is 5.42. The van der Waals surface area contributed by atoms with Crippen LogP contribution >= 0.6 is 11.3 Å². The number of thiazole rings is 1. The van der Waals surface area contributed by atoms with E-state index in [0.717, 1.165) is 23.1 Å². The maximum absolute atomic E-state index is 12.0. The van der Waals surface area contributed by atoms with E-state index in [0.29, 0.717) is 5.13 Å². The number of nitrogens with zero attached hydrogens (tertiary/aromatic N) is 1. The van der Waals surface area contributed by atoms with Gasteiger partial charge in [0.2, 0.25) is 5.91 Å². The van der Waals surface area contributed by atoms with Crippen molar-refractivity contribution in [2.75, 3.05) is 17.3 Å². The first-order chi connectivity index (χ1) is 10.7. The van der Waals surface area contributed by atoms with Gasteiger partial charge < -0.3 is 11.1 Å². The Labute approximate surface area is 139 Å². The van der Waals surface area contributed by atoms with E-state index in [1.165, 1.54) is 11.3 Å². The molecule has 1 heterocycles. The average Bonchev–Trinajstić information content (AvgIpc) is 2.93. The van der Waals surface area contributed by atoms with Crippen LogP contribution in [0.4, 0.5) is 5.13 Å². The van der Waals surface area contributed by atoms with Gasteiger partial charge in [-0.3, -0.25) is 4.79 Å². The van der Waals surface area contributed by atoms with Crippen LogP contribution < -0.4 is 11.1 Å². The molecule has 0 radical (unpaired) electrons. The number of hydrogen-bond acceptors (Lipinski definition) is 6. The molecule has 0 fully saturated rings. The zero-order valence-corrected chi connectivity index (χ0v) is 14.6. The molecular weight excluding hydrogens is 334 g/mol. The second-order valence-electron chi connectivity index (χ2n) is 5.42. The summed E-state index contributed by atoms with van der Waals surface area (Å²) < 4.78 is 22.2. The standard InChI is InChI=1S/C15H19N3O3S2/c1-10-3-5-11(6-4-10)13-9-22-15(17-13)18-14(19)12(16)7-8-23(2,20)21/h3-6,9,12H,7-8,16H2,1-2H3,(H,17,18,19). The molecule has 0 aliphatic rings. The maximum Gasteiger partial charge on any atom is 0.243 e. The van der Waals surface area contributed by atoms with Gasteiger partial charge in [-0.15, -0.1) is 11.3 Å². The van der Waals surface area contributed by atoms with E-state index in [1.807, 2.05) is 36.6 Å². The van der Waals surface area contributed by atoms with Crippen molar-refractivity contribution in [1.29, 1.82) is 0 Å². The van der Waals surface area contributed by atoms with Crippen molar-refractivity contribution in [3.05, 3.63) is 35.2 Å². The van der Waals surface area contributed by atoms with Crippen LogP contribution in [0.3, 0.4) is 0 Å². The molecule has 0 aliphatic heterocycles. The molecule has 3 N–H and O–H groups in total. The number of nitrogens with one attached hydrogen (secondary N) is 1. The first-order valence-electron chi connectivity index (χ1n) is 7.01. The number of carbonyl (C=O) groups excluding carboxylic acids is 1. The highest BCUT2D eigenvalue weighted by Gasteiger charge is 2.17. The monoisotopic (exact) mass is 353 g/mol. The van der Waals surface area contributed by atoms with Crippen LogP contribution in [-0.2, 0) is 14.6 Å². The lowest BCUT2D eigenvalue weighted by molar-refractivity contribution is -0.117. The highest BCUT2D eigenvalue weighted by molar-refractivity contribution is 7.90. The van der Waals surface area contributed by atoms with E-state index in [-0.39, 0.29) is 12.2 Å². The fourth-order valence-electron chi connectivity index (χ4n) is 1.86. The molecule has 0 aliphatic carbocycles. The normalized spacial score (nSPS) is 12.8. The Hall–Kier alpha value is -1.77. The summed E-state index contributed by atoms with van der Waals surface area (Å²) in [5, 5.41) is 4.92. The zero-order valence-electron chi connectivity index (χ0n) is 12.9. The summed E-state index contributed by atoms with van der Waals surface area (Å²) in [7, 11) is -3.13. The van der Waals surface area contributed by atoms with Gasteiger partial charge in [-0.1, -0.05) is 29.8 Å². The number of benzene rings is 1. The van der Waals surface area contributed by atoms with Crippen molar-refractivity contribution in [3.63, 3.8) is 0 Å². The van der Waals surface area contributed by atoms with E-state index in [9.17, 15) is 13.2 Å². The molecule has 1 atom stereocenters. The molecule has 1 amide bonds. The summed E-state index contributed by atoms with van der Waals surface area (Å²) in [4.78, 5) is 16.3. The number of hydrogen-bond donors (Lipinski definition) is 2. The third-order valence-corrected chi connectivity index (χ3v) is 4.95. The Balaban J connectivity index is 1.98. The number of aromatic nitrogens is 1. The van der Waals surface area contributed by atoms with Crippen LogP contribution in [-0.4, -0.2) is 37.4 Å². The molecule has 1 aromatic heterocycles. The van der Waals surface area contributed by atoms with Gasteiger partial charge in [0.15, 0.2) is 5.13 Å². The van der Waals surface area contributed by atoms with E-state index in [1.54, 1.807) is 0 Å². The highest BCUT2D eigenvalue weighted by atomic mass is 32.2. The quantitative estimate of drug-likeness (QED) is 0.825. The smallest absolute Gasteiger partial charge is 0.243 e. The molecule has 1 aromatic carbocycles. The maximum atomic E-state index is 12.0. The minimum atomic E-state index is -3.13. The first-order valence-corrected chi connectivity index (χ1v) is 9.95. The van der Waals surface area contributed by atoms with Crippen LogP contribution in [0.25, 0.3) is 11.3 Å². The largest absolute Gasteiger partial charge is 0.320 e. The topological polar surface area (TPSA) is 102 Å². The number of sulfone groups is 1. The van der Waals surface area contributed by atoms with Gasteiger partial charge in [-0.2, -0.15) is 0 Å². The van der Waals surface area contributed by atoms with Crippen molar-refractivity contribution in [3.8, 4) is 11.3 Å². The van der Waals surface area contributed by atoms with Gasteiger partial charge in [0.1, 0.15) is 9.84 Å². The second-order valence-corrected chi connectivity index (χ2v) is 8.54. The highest BCUT2D eigenvalue weighted by Crippen LogP contribution is 2.25. The molecule has 1 unspecified atom stereocenters. The number of anilines is 1. The molecule has 0 bridgehead atoms. The van der Waals surface area contributed by atoms with E-state index in [2.05, 4.69) is 10.3 Å². The summed E-state index contributed by atoms with van der Waals surface area (Å²) in [5.74, 6) is -0.549. The fraction of sp³-hybridized carbons (Fsp3) is 0.333. The molecule has 0 saturated heterocycles. The summed E-state index contributed by atoms with van der Waals surface area (Å²) in [5.41, 5.74) is 8.61. The Bertz CT molecular complexity index is 783. The summed E-state index contributed by atoms with van der Waals surface area (Å²) in [6.45, 7) is 2.01. The first kappa shape index (κ1) is 17.6. The summed E-state index contributed by atoms with van der Waals surface area (Å²) in [6.07, 6.45) is 1.20. The predicted molar refractivity (Wildman–Crippen MR) is 93.2 cm³/mol. The Morgan fingerprint density at radius 3 is 2.61 bits per heavy atom. The van der Waals surface area contributed by atoms with Crippen molar-refractivity contribution in [1.82, 2.24) is 4.98 Å². The van der Waals surface area contributed by atoms with Crippen LogP contribution in [0.5, 0.6) is 0 Å². The molecule has 6 nitrogen and oxygen atoms in total. The number of rotatable bonds is 6. The number of amides is 1. The van der Waals surface area contributed by atoms with Crippen LogP contribution in [0, 0.1) is 6.92 Å². The van der Waals surface area contributed by atoms with Gasteiger partial charge in [-0.25, -0.2) is 13.4 Å². The van der Waals surface area contributed by atoms with Crippen LogP contribution in [0.15, 0.2) is 29.6 Å². The fourth-order valence-corrected chi connectivity index (χ4v) is 3.26. The molecule has 23 heavy (non-hydrogen) atoms. The van der Waals surface area contributed by atoms with Crippen molar-refractivity contribution >= 4 is 32.2 Å². The van der Waals surface area contributed by atoms with Crippen LogP contribution in [0.2, 0.25) is 0 Å². The lowest BCUT2D eigenvalue weighted by Gasteiger charge is -2.09. The van der Waals surface area contributed by atoms with E-state index in [4.69, 9.17) is 5.73 Å². The number of carbonyl (C=O) groups is 1. The molecular formula is C15H19N3O3S2. The van der Waals surface area contributed by atoms with E-state index >= 15 is 0 Å². The van der Waals surface area contributed by atoms with E-state index < -0.39 is 21.8 Å². The minimum absolute atomic E-state index is 0.0842. The lowest BCUT2D eigenvalue weighted by atomic mass is 10.1. The van der Waals surface area contributed by atoms with Crippen LogP contribution in [0.1, 0.15) is 12.0 Å². The summed E-state index contributed by atoms with van der Waals surface area (Å²) >= 11 is 1.30. The lowest BCUT2D eigenvalue weighted by Crippen LogP contribution is -2.37. The van der Waals surface area contributed by atoms with Crippen molar-refractivity contribution in [2.24, 2.45) is 5.73 Å². The average molecular weight is 353 g/mol. The van der Waals surface area contributed by atoms with Gasteiger partial charge >= 0.3 is 0 Å². The third-order valence-electron chi connectivity index (χ3n) is 3.22. The molecule has 8 heteroatoms. The van der Waals surface area contributed by atoms with Crippen molar-refractivity contribution < 1.29 is 13.2 Å².